The predicted molar refractivity (Wildman–Crippen MR) is 92.8 cm³/mol. The van der Waals surface area contributed by atoms with Crippen molar-refractivity contribution in [2.24, 2.45) is 5.92 Å². The number of carbonyl (C=O) groups excluding carboxylic acids is 2. The van der Waals surface area contributed by atoms with Crippen LogP contribution in [0, 0.1) is 5.92 Å². The van der Waals surface area contributed by atoms with E-state index in [1.807, 2.05) is 29.6 Å². The maximum atomic E-state index is 12.6. The van der Waals surface area contributed by atoms with Gasteiger partial charge >= 0.3 is 12.1 Å². The van der Waals surface area contributed by atoms with Gasteiger partial charge in [-0.15, -0.1) is 0 Å². The summed E-state index contributed by atoms with van der Waals surface area (Å²) in [7, 11) is 0. The Kier molecular flexibility index (Phi) is 5.98. The van der Waals surface area contributed by atoms with Crippen LogP contribution in [0.1, 0.15) is 49.5 Å². The molecule has 26 heavy (non-hydrogen) atoms. The van der Waals surface area contributed by atoms with Crippen molar-refractivity contribution >= 4 is 11.8 Å². The van der Waals surface area contributed by atoms with E-state index in [1.165, 1.54) is 0 Å². The number of halogens is 3. The molecule has 1 saturated heterocycles. The van der Waals surface area contributed by atoms with Gasteiger partial charge in [-0.05, 0) is 41.9 Å². The first kappa shape index (κ1) is 20.3. The fourth-order valence-electron chi connectivity index (χ4n) is 2.97. The van der Waals surface area contributed by atoms with Gasteiger partial charge in [0.15, 0.2) is 0 Å². The van der Waals surface area contributed by atoms with Gasteiger partial charge in [-0.2, -0.15) is 13.2 Å². The molecule has 1 heterocycles. The second-order valence-corrected chi connectivity index (χ2v) is 7.77. The Hall–Kier alpha value is -2.05. The number of rotatable bonds is 3. The molecule has 0 bridgehead atoms. The molecule has 4 nitrogen and oxygen atoms in total. The normalized spacial score (nSPS) is 16.5. The van der Waals surface area contributed by atoms with Crippen molar-refractivity contribution in [3.63, 3.8) is 0 Å². The van der Waals surface area contributed by atoms with Crippen LogP contribution in [0.4, 0.5) is 13.2 Å². The first-order chi connectivity index (χ1) is 12.0. The molecular formula is C19H25F3N2O2. The monoisotopic (exact) mass is 370 g/mol. The summed E-state index contributed by atoms with van der Waals surface area (Å²) in [5.74, 6) is -2.02. The Bertz CT molecular complexity index is 640. The topological polar surface area (TPSA) is 49.4 Å². The van der Waals surface area contributed by atoms with Gasteiger partial charge in [0, 0.05) is 25.2 Å². The van der Waals surface area contributed by atoms with Crippen molar-refractivity contribution < 1.29 is 22.8 Å². The zero-order valence-electron chi connectivity index (χ0n) is 15.3. The SMILES string of the molecule is CC(C)(C)c1ccc(C(=O)N2CCC(CNC(=O)C(F)(F)F)CC2)cc1. The zero-order chi connectivity index (χ0) is 19.5. The van der Waals surface area contributed by atoms with Gasteiger partial charge in [0.1, 0.15) is 0 Å². The molecule has 0 radical (unpaired) electrons. The Morgan fingerprint density at radius 3 is 2.08 bits per heavy atom. The maximum Gasteiger partial charge on any atom is 0.471 e. The third-order valence-corrected chi connectivity index (χ3v) is 4.71. The fourth-order valence-corrected chi connectivity index (χ4v) is 2.97. The highest BCUT2D eigenvalue weighted by molar-refractivity contribution is 5.94. The predicted octanol–water partition coefficient (Wildman–Crippen LogP) is 3.51. The summed E-state index contributed by atoms with van der Waals surface area (Å²) in [6.45, 7) is 7.25. The first-order valence-corrected chi connectivity index (χ1v) is 8.73. The summed E-state index contributed by atoms with van der Waals surface area (Å²) in [4.78, 5) is 25.2. The quantitative estimate of drug-likeness (QED) is 0.885. The van der Waals surface area contributed by atoms with E-state index in [-0.39, 0.29) is 23.8 Å². The van der Waals surface area contributed by atoms with E-state index in [4.69, 9.17) is 0 Å². The number of piperidine rings is 1. The van der Waals surface area contributed by atoms with Crippen LogP contribution >= 0.6 is 0 Å². The lowest BCUT2D eigenvalue weighted by Gasteiger charge is -2.32. The van der Waals surface area contributed by atoms with Gasteiger partial charge in [0.25, 0.3) is 5.91 Å². The molecule has 1 N–H and O–H groups in total. The smallest absolute Gasteiger partial charge is 0.348 e. The molecule has 0 aliphatic carbocycles. The largest absolute Gasteiger partial charge is 0.471 e. The number of carbonyl (C=O) groups is 2. The molecule has 144 valence electrons. The summed E-state index contributed by atoms with van der Waals surface area (Å²) in [5, 5.41) is 1.92. The highest BCUT2D eigenvalue weighted by Crippen LogP contribution is 2.24. The molecule has 2 amide bonds. The lowest BCUT2D eigenvalue weighted by molar-refractivity contribution is -0.173. The summed E-state index contributed by atoms with van der Waals surface area (Å²) >= 11 is 0. The molecule has 1 aliphatic heterocycles. The Morgan fingerprint density at radius 2 is 1.62 bits per heavy atom. The van der Waals surface area contributed by atoms with Crippen molar-refractivity contribution in [1.29, 1.82) is 0 Å². The molecule has 0 unspecified atom stereocenters. The minimum Gasteiger partial charge on any atom is -0.348 e. The lowest BCUT2D eigenvalue weighted by Crippen LogP contribution is -2.44. The molecule has 7 heteroatoms. The van der Waals surface area contributed by atoms with Crippen molar-refractivity contribution in [3.05, 3.63) is 35.4 Å². The highest BCUT2D eigenvalue weighted by Gasteiger charge is 2.38. The van der Waals surface area contributed by atoms with Crippen LogP contribution in [0.3, 0.4) is 0 Å². The minimum atomic E-state index is -4.85. The van der Waals surface area contributed by atoms with Gasteiger partial charge in [0.2, 0.25) is 0 Å². The van der Waals surface area contributed by atoms with Crippen molar-refractivity contribution in [2.45, 2.75) is 45.2 Å². The minimum absolute atomic E-state index is 0.0132. The molecule has 0 atom stereocenters. The van der Waals surface area contributed by atoms with E-state index in [1.54, 1.807) is 4.90 Å². The van der Waals surface area contributed by atoms with E-state index in [9.17, 15) is 22.8 Å². The number of hydrogen-bond donors (Lipinski definition) is 1. The molecule has 2 rings (SSSR count). The van der Waals surface area contributed by atoms with Crippen molar-refractivity contribution in [2.75, 3.05) is 19.6 Å². The highest BCUT2D eigenvalue weighted by atomic mass is 19.4. The van der Waals surface area contributed by atoms with E-state index in [0.717, 1.165) is 5.56 Å². The van der Waals surface area contributed by atoms with Gasteiger partial charge in [-0.3, -0.25) is 9.59 Å². The second-order valence-electron chi connectivity index (χ2n) is 7.77. The number of amides is 2. The van der Waals surface area contributed by atoms with Gasteiger partial charge in [-0.25, -0.2) is 0 Å². The Labute approximate surface area is 151 Å². The molecule has 0 aromatic heterocycles. The number of alkyl halides is 3. The molecule has 0 saturated carbocycles. The third-order valence-electron chi connectivity index (χ3n) is 4.71. The first-order valence-electron chi connectivity index (χ1n) is 8.73. The molecular weight excluding hydrogens is 345 g/mol. The Balaban J connectivity index is 1.85. The molecule has 0 spiro atoms. The Morgan fingerprint density at radius 1 is 1.08 bits per heavy atom. The number of benzene rings is 1. The van der Waals surface area contributed by atoms with Gasteiger partial charge in [0.05, 0.1) is 0 Å². The van der Waals surface area contributed by atoms with Crippen LogP contribution in [0.15, 0.2) is 24.3 Å². The van der Waals surface area contributed by atoms with E-state index < -0.39 is 12.1 Å². The van der Waals surface area contributed by atoms with E-state index in [0.29, 0.717) is 31.5 Å². The summed E-state index contributed by atoms with van der Waals surface area (Å²) in [6.07, 6.45) is -3.70. The standard InChI is InChI=1S/C19H25F3N2O2/c1-18(2,3)15-6-4-14(5-7-15)16(25)24-10-8-13(9-11-24)12-23-17(26)19(20,21)22/h4-7,13H,8-12H2,1-3H3,(H,23,26). The summed E-state index contributed by atoms with van der Waals surface area (Å²) in [6, 6.07) is 7.54. The number of nitrogens with one attached hydrogen (secondary N) is 1. The third kappa shape index (κ3) is 5.22. The van der Waals surface area contributed by atoms with E-state index >= 15 is 0 Å². The van der Waals surface area contributed by atoms with Crippen LogP contribution in [0.2, 0.25) is 0 Å². The average molecular weight is 370 g/mol. The molecule has 1 aromatic rings. The maximum absolute atomic E-state index is 12.6. The number of nitrogens with zero attached hydrogens (tertiary/aromatic N) is 1. The van der Waals surface area contributed by atoms with E-state index in [2.05, 4.69) is 20.8 Å². The fraction of sp³-hybridized carbons (Fsp3) is 0.579. The summed E-state index contributed by atoms with van der Waals surface area (Å²) in [5.41, 5.74) is 1.77. The van der Waals surface area contributed by atoms with Gasteiger partial charge in [-0.1, -0.05) is 32.9 Å². The number of hydrogen-bond acceptors (Lipinski definition) is 2. The van der Waals surface area contributed by atoms with Crippen molar-refractivity contribution in [3.8, 4) is 0 Å². The van der Waals surface area contributed by atoms with Crippen LogP contribution in [0.5, 0.6) is 0 Å². The van der Waals surface area contributed by atoms with Crippen LogP contribution in [0.25, 0.3) is 0 Å². The zero-order valence-corrected chi connectivity index (χ0v) is 15.3. The summed E-state index contributed by atoms with van der Waals surface area (Å²) < 4.78 is 36.6. The van der Waals surface area contributed by atoms with Crippen LogP contribution in [-0.2, 0) is 10.2 Å². The lowest BCUT2D eigenvalue weighted by atomic mass is 9.86. The van der Waals surface area contributed by atoms with Crippen LogP contribution in [-0.4, -0.2) is 42.5 Å². The average Bonchev–Trinajstić information content (AvgIpc) is 2.58. The number of likely N-dealkylation sites (tertiary alicyclic amines) is 1. The molecule has 1 aliphatic rings. The van der Waals surface area contributed by atoms with Gasteiger partial charge < -0.3 is 10.2 Å². The van der Waals surface area contributed by atoms with Crippen molar-refractivity contribution in [1.82, 2.24) is 10.2 Å². The second kappa shape index (κ2) is 7.68. The molecule has 1 fully saturated rings. The molecule has 1 aromatic carbocycles. The van der Waals surface area contributed by atoms with Crippen LogP contribution < -0.4 is 5.32 Å².